The fourth-order valence-corrected chi connectivity index (χ4v) is 10.2. The van der Waals surface area contributed by atoms with E-state index in [0.717, 1.165) is 64.2 Å². The van der Waals surface area contributed by atoms with E-state index in [-0.39, 0.29) is 19.3 Å². The Labute approximate surface area is 443 Å². The summed E-state index contributed by atoms with van der Waals surface area (Å²) in [6.45, 7) is 2.60. The molecule has 1 aliphatic carbocycles. The van der Waals surface area contributed by atoms with Crippen LogP contribution in [0.1, 0.15) is 168 Å². The average Bonchev–Trinajstić information content (AvgIpc) is 3.32. The van der Waals surface area contributed by atoms with Crippen LogP contribution < -0.4 is 0 Å². The lowest BCUT2D eigenvalue weighted by molar-refractivity contribution is -0.209. The molecule has 0 spiro atoms. The van der Waals surface area contributed by atoms with Gasteiger partial charge in [-0.05, 0) is 51.4 Å². The molecular weight excluding hydrogens is 1060 g/mol. The third-order valence-electron chi connectivity index (χ3n) is 11.3. The number of phosphoric acid groups is 4. The minimum Gasteiger partial charge on any atom is -0.462 e. The van der Waals surface area contributed by atoms with Crippen LogP contribution in [-0.2, 0) is 59.9 Å². The molecule has 1 rings (SSSR count). The van der Waals surface area contributed by atoms with E-state index < -0.39 is 99.2 Å². The fourth-order valence-electron chi connectivity index (χ4n) is 7.58. The molecule has 75 heavy (non-hydrogen) atoms. The van der Waals surface area contributed by atoms with Gasteiger partial charge in [-0.3, -0.25) is 32.2 Å². The number of rotatable bonds is 44. The number of phosphoric ester groups is 4. The van der Waals surface area contributed by atoms with E-state index in [4.69, 9.17) is 18.5 Å². The highest BCUT2D eigenvalue weighted by Gasteiger charge is 2.59. The SMILES string of the molecule is CC/C=C\C/C=C\C/C=C\C/C=C\C/C=C\C/C=C\CCC(=O)OC(COC(=O)CCCCCCCCCCCCCCCCC)COP(=O)(O)OC1[C@H](O)[C@H](OP(=O)(O)O)C(OP(=O)(O)O)[C@H](OP(=O)(O)O)[C@H]1O. The van der Waals surface area contributed by atoms with Gasteiger partial charge >= 0.3 is 43.2 Å². The van der Waals surface area contributed by atoms with Gasteiger partial charge in [0.25, 0.3) is 0 Å². The quantitative estimate of drug-likeness (QED) is 0.0118. The summed E-state index contributed by atoms with van der Waals surface area (Å²) in [4.78, 5) is 93.0. The van der Waals surface area contributed by atoms with Crippen LogP contribution in [0.4, 0.5) is 0 Å². The Balaban J connectivity index is 2.90. The molecule has 0 amide bonds. The third-order valence-corrected chi connectivity index (χ3v) is 13.8. The van der Waals surface area contributed by atoms with Gasteiger partial charge in [0.1, 0.15) is 43.2 Å². The second-order valence-corrected chi connectivity index (χ2v) is 22.9. The maximum absolute atomic E-state index is 13.3. The first kappa shape index (κ1) is 70.8. The zero-order chi connectivity index (χ0) is 56.0. The summed E-state index contributed by atoms with van der Waals surface area (Å²) >= 11 is 0. The van der Waals surface area contributed by atoms with Crippen molar-refractivity contribution in [1.29, 1.82) is 0 Å². The van der Waals surface area contributed by atoms with Crippen molar-refractivity contribution in [2.24, 2.45) is 0 Å². The summed E-state index contributed by atoms with van der Waals surface area (Å²) in [6.07, 6.45) is 28.3. The number of aliphatic hydroxyl groups is 2. The molecule has 22 nitrogen and oxygen atoms in total. The first-order valence-electron chi connectivity index (χ1n) is 26.0. The van der Waals surface area contributed by atoms with Gasteiger partial charge in [-0.25, -0.2) is 18.3 Å². The van der Waals surface area contributed by atoms with Gasteiger partial charge in [0.2, 0.25) is 0 Å². The highest BCUT2D eigenvalue weighted by molar-refractivity contribution is 7.47. The van der Waals surface area contributed by atoms with E-state index in [0.29, 0.717) is 12.8 Å². The molecule has 0 aromatic heterocycles. The number of hydrogen-bond acceptors (Lipinski definition) is 15. The van der Waals surface area contributed by atoms with Gasteiger partial charge in [0.05, 0.1) is 6.61 Å². The maximum atomic E-state index is 13.3. The second-order valence-electron chi connectivity index (χ2n) is 17.9. The van der Waals surface area contributed by atoms with Crippen molar-refractivity contribution >= 4 is 43.2 Å². The lowest BCUT2D eigenvalue weighted by atomic mass is 9.85. The Kier molecular flexibility index (Phi) is 38.5. The lowest BCUT2D eigenvalue weighted by Crippen LogP contribution is -2.65. The molecule has 434 valence electrons. The molecule has 1 aliphatic rings. The summed E-state index contributed by atoms with van der Waals surface area (Å²) < 4.78 is 82.2. The zero-order valence-corrected chi connectivity index (χ0v) is 47.1. The van der Waals surface area contributed by atoms with E-state index in [1.165, 1.54) is 57.8 Å². The molecule has 0 aliphatic heterocycles. The molecule has 26 heteroatoms. The molecule has 1 fully saturated rings. The van der Waals surface area contributed by atoms with Crippen LogP contribution in [0.25, 0.3) is 0 Å². The fraction of sp³-hybridized carbons (Fsp3) is 0.714. The van der Waals surface area contributed by atoms with Gasteiger partial charge in [-0.1, -0.05) is 177 Å². The van der Waals surface area contributed by atoms with Crippen LogP contribution in [0.5, 0.6) is 0 Å². The minimum absolute atomic E-state index is 0.0178. The van der Waals surface area contributed by atoms with Crippen molar-refractivity contribution in [2.75, 3.05) is 13.2 Å². The van der Waals surface area contributed by atoms with Gasteiger partial charge in [-0.2, -0.15) is 0 Å². The monoisotopic (exact) mass is 1150 g/mol. The molecule has 0 heterocycles. The number of carbonyl (C=O) groups excluding carboxylic acids is 2. The summed E-state index contributed by atoms with van der Waals surface area (Å²) in [5, 5.41) is 21.9. The van der Waals surface area contributed by atoms with Gasteiger partial charge < -0.3 is 53.9 Å². The first-order chi connectivity index (χ1) is 35.5. The molecule has 8 atom stereocenters. The predicted molar refractivity (Wildman–Crippen MR) is 281 cm³/mol. The Morgan fingerprint density at radius 1 is 0.440 bits per heavy atom. The smallest absolute Gasteiger partial charge is 0.462 e. The molecule has 9 N–H and O–H groups in total. The Morgan fingerprint density at radius 2 is 0.813 bits per heavy atom. The highest BCUT2D eigenvalue weighted by Crippen LogP contribution is 2.53. The van der Waals surface area contributed by atoms with Crippen LogP contribution in [0.2, 0.25) is 0 Å². The summed E-state index contributed by atoms with van der Waals surface area (Å²) in [5.74, 6) is -1.50. The van der Waals surface area contributed by atoms with Crippen LogP contribution >= 0.6 is 31.3 Å². The average molecular weight is 1150 g/mol. The van der Waals surface area contributed by atoms with Crippen LogP contribution in [0.3, 0.4) is 0 Å². The molecule has 0 aromatic carbocycles. The minimum atomic E-state index is -5.80. The van der Waals surface area contributed by atoms with Crippen LogP contribution in [0, 0.1) is 0 Å². The molecule has 4 unspecified atom stereocenters. The molecule has 0 bridgehead atoms. The zero-order valence-electron chi connectivity index (χ0n) is 43.5. The number of unbranched alkanes of at least 4 members (excludes halogenated alkanes) is 14. The largest absolute Gasteiger partial charge is 0.472 e. The van der Waals surface area contributed by atoms with Gasteiger partial charge in [0.15, 0.2) is 6.10 Å². The number of aliphatic hydroxyl groups excluding tert-OH is 2. The van der Waals surface area contributed by atoms with Crippen molar-refractivity contribution in [3.8, 4) is 0 Å². The molecule has 0 radical (unpaired) electrons. The lowest BCUT2D eigenvalue weighted by Gasteiger charge is -2.45. The normalized spacial score (nSPS) is 21.4. The van der Waals surface area contributed by atoms with E-state index in [1.807, 2.05) is 18.2 Å². The van der Waals surface area contributed by atoms with Crippen molar-refractivity contribution in [3.63, 3.8) is 0 Å². The number of hydrogen-bond donors (Lipinski definition) is 9. The Morgan fingerprint density at radius 3 is 1.21 bits per heavy atom. The highest BCUT2D eigenvalue weighted by atomic mass is 31.2. The van der Waals surface area contributed by atoms with Crippen molar-refractivity contribution in [3.05, 3.63) is 72.9 Å². The van der Waals surface area contributed by atoms with Crippen LogP contribution in [-0.4, -0.2) is 112 Å². The second kappa shape index (κ2) is 40.9. The molecule has 0 saturated heterocycles. The Bertz CT molecular complexity index is 1900. The molecular formula is C49H86O22P4. The molecule has 1 saturated carbocycles. The molecule has 0 aromatic rings. The van der Waals surface area contributed by atoms with Gasteiger partial charge in [0, 0.05) is 12.8 Å². The predicted octanol–water partition coefficient (Wildman–Crippen LogP) is 9.85. The standard InChI is InChI=1S/C49H86O22P4/c1-3-5-7-9-11-13-15-17-19-20-21-22-24-26-28-30-32-34-36-38-43(51)67-41(39-65-42(50)37-35-33-31-29-27-25-23-18-16-14-12-10-8-6-4-2)40-66-75(63,64)71-46-44(52)47(68-72(54,55)56)49(70-74(60,61)62)48(45(46)53)69-73(57,58)59/h5,7,11,13,17,19,21-22,26,28,32,34,41,44-49,52-53H,3-4,6,8-10,12,14-16,18,20,23-25,27,29-31,33,35-40H2,1-2H3,(H,63,64)(H2,54,55,56)(H2,57,58,59)(H2,60,61,62)/b7-5-,13-11-,19-17-,22-21-,28-26-,34-32-/t41?,44-,45-,46?,47-,48+,49?/m0/s1. The topological polar surface area (TPSA) is 349 Å². The maximum Gasteiger partial charge on any atom is 0.472 e. The van der Waals surface area contributed by atoms with Gasteiger partial charge in [-0.15, -0.1) is 0 Å². The van der Waals surface area contributed by atoms with Crippen molar-refractivity contribution in [2.45, 2.75) is 211 Å². The first-order valence-corrected chi connectivity index (χ1v) is 32.1. The van der Waals surface area contributed by atoms with Crippen molar-refractivity contribution in [1.82, 2.24) is 0 Å². The number of carbonyl (C=O) groups is 2. The summed E-state index contributed by atoms with van der Waals surface area (Å²) in [7, 11) is -23.1. The van der Waals surface area contributed by atoms with E-state index in [9.17, 15) is 72.3 Å². The number of ether oxygens (including phenoxy) is 2. The van der Waals surface area contributed by atoms with Crippen LogP contribution in [0.15, 0.2) is 72.9 Å². The van der Waals surface area contributed by atoms with E-state index in [1.54, 1.807) is 6.08 Å². The number of esters is 2. The summed E-state index contributed by atoms with van der Waals surface area (Å²) in [5.41, 5.74) is 0. The van der Waals surface area contributed by atoms with E-state index >= 15 is 0 Å². The third kappa shape index (κ3) is 38.9. The number of allylic oxidation sites excluding steroid dienone is 12. The van der Waals surface area contributed by atoms with Crippen molar-refractivity contribution < 1.29 is 104 Å². The van der Waals surface area contributed by atoms with E-state index in [2.05, 4.69) is 76.0 Å². The Hall–Kier alpha value is -2.26. The summed E-state index contributed by atoms with van der Waals surface area (Å²) in [6, 6.07) is 0.